The molecule has 142 valence electrons. The molecule has 0 unspecified atom stereocenters. The summed E-state index contributed by atoms with van der Waals surface area (Å²) in [5.74, 6) is 6.88. The van der Waals surface area contributed by atoms with Crippen LogP contribution in [0.3, 0.4) is 0 Å². The quantitative estimate of drug-likeness (QED) is 0.406. The normalized spacial score (nSPS) is 11.3. The van der Waals surface area contributed by atoms with Gasteiger partial charge in [-0.05, 0) is 53.4 Å². The Labute approximate surface area is 163 Å². The maximum absolute atomic E-state index is 10.3. The van der Waals surface area contributed by atoms with E-state index in [2.05, 4.69) is 36.2 Å². The minimum atomic E-state index is 0.119. The maximum atomic E-state index is 10.3. The van der Waals surface area contributed by atoms with Crippen LogP contribution in [0.15, 0.2) is 66.7 Å². The second-order valence-corrected chi connectivity index (χ2v) is 7.18. The number of fused-ring (bicyclic) bond motifs is 1. The van der Waals surface area contributed by atoms with Gasteiger partial charge < -0.3 is 10.1 Å². The first-order valence-electron chi connectivity index (χ1n) is 9.28. The van der Waals surface area contributed by atoms with Gasteiger partial charge in [0.1, 0.15) is 22.5 Å². The number of nitrogens with two attached hydrogens (primary N) is 1. The summed E-state index contributed by atoms with van der Waals surface area (Å²) in [6.07, 6.45) is 0. The molecule has 6 heteroatoms. The van der Waals surface area contributed by atoms with Crippen molar-refractivity contribution in [3.8, 4) is 11.4 Å². The highest BCUT2D eigenvalue weighted by Gasteiger charge is 2.11. The second kappa shape index (κ2) is 7.32. The van der Waals surface area contributed by atoms with Crippen molar-refractivity contribution < 1.29 is 5.11 Å². The summed E-state index contributed by atoms with van der Waals surface area (Å²) < 4.78 is 0. The van der Waals surface area contributed by atoms with Gasteiger partial charge in [0.05, 0.1) is 12.2 Å². The molecule has 3 aromatic carbocycles. The monoisotopic (exact) mass is 373 g/mol. The fourth-order valence-corrected chi connectivity index (χ4v) is 3.13. The van der Waals surface area contributed by atoms with Crippen molar-refractivity contribution >= 4 is 16.7 Å². The van der Waals surface area contributed by atoms with Crippen molar-refractivity contribution in [2.45, 2.75) is 26.3 Å². The van der Waals surface area contributed by atoms with Crippen molar-refractivity contribution in [1.82, 2.24) is 15.0 Å². The van der Waals surface area contributed by atoms with Crippen LogP contribution in [-0.2, 0) is 6.54 Å². The molecule has 1 aromatic heterocycles. The Hall–Kier alpha value is -3.38. The van der Waals surface area contributed by atoms with E-state index in [0.717, 1.165) is 22.3 Å². The highest BCUT2D eigenvalue weighted by Crippen LogP contribution is 2.25. The van der Waals surface area contributed by atoms with Crippen molar-refractivity contribution in [2.24, 2.45) is 5.84 Å². The standard InChI is InChI=1S/C22H23N5O/c1-15(2)17-8-10-18(11-9-17)26(23)14-16-7-12-22(28)21(13-16)27-24-19-5-3-4-6-20(19)25-27/h3-13,15,28H,14,23H2,1-2H3. The first-order chi connectivity index (χ1) is 13.5. The lowest BCUT2D eigenvalue weighted by atomic mass is 10.0. The minimum Gasteiger partial charge on any atom is -0.506 e. The lowest BCUT2D eigenvalue weighted by molar-refractivity contribution is 0.467. The molecule has 0 saturated carbocycles. The highest BCUT2D eigenvalue weighted by atomic mass is 16.3. The molecule has 0 bridgehead atoms. The first kappa shape index (κ1) is 18.0. The van der Waals surface area contributed by atoms with E-state index in [-0.39, 0.29) is 5.75 Å². The number of benzene rings is 3. The van der Waals surface area contributed by atoms with Crippen LogP contribution in [0.2, 0.25) is 0 Å². The zero-order valence-electron chi connectivity index (χ0n) is 15.9. The molecule has 28 heavy (non-hydrogen) atoms. The Bertz CT molecular complexity index is 1070. The van der Waals surface area contributed by atoms with Crippen LogP contribution >= 0.6 is 0 Å². The average molecular weight is 373 g/mol. The first-order valence-corrected chi connectivity index (χ1v) is 9.28. The van der Waals surface area contributed by atoms with E-state index < -0.39 is 0 Å². The number of hydrazine groups is 1. The molecule has 3 N–H and O–H groups in total. The third-order valence-electron chi connectivity index (χ3n) is 4.79. The zero-order chi connectivity index (χ0) is 19.7. The number of anilines is 1. The summed E-state index contributed by atoms with van der Waals surface area (Å²) in [6.45, 7) is 4.83. The molecular weight excluding hydrogens is 350 g/mol. The number of hydrogen-bond acceptors (Lipinski definition) is 5. The van der Waals surface area contributed by atoms with Gasteiger partial charge in [-0.25, -0.2) is 5.84 Å². The third kappa shape index (κ3) is 3.54. The van der Waals surface area contributed by atoms with E-state index >= 15 is 0 Å². The molecule has 0 spiro atoms. The Balaban J connectivity index is 1.59. The number of phenolic OH excluding ortho intramolecular Hbond substituents is 1. The van der Waals surface area contributed by atoms with Gasteiger partial charge in [-0.15, -0.1) is 15.0 Å². The number of hydrogen-bond donors (Lipinski definition) is 2. The summed E-state index contributed by atoms with van der Waals surface area (Å²) in [6, 6.07) is 21.2. The Kier molecular flexibility index (Phi) is 4.71. The van der Waals surface area contributed by atoms with E-state index in [0.29, 0.717) is 18.2 Å². The van der Waals surface area contributed by atoms with Gasteiger partial charge in [0.2, 0.25) is 0 Å². The predicted molar refractivity (Wildman–Crippen MR) is 111 cm³/mol. The van der Waals surface area contributed by atoms with E-state index in [4.69, 9.17) is 5.84 Å². The third-order valence-corrected chi connectivity index (χ3v) is 4.79. The van der Waals surface area contributed by atoms with Crippen LogP contribution in [0, 0.1) is 0 Å². The van der Waals surface area contributed by atoms with Gasteiger partial charge in [0, 0.05) is 0 Å². The molecule has 0 saturated heterocycles. The van der Waals surface area contributed by atoms with Gasteiger partial charge in [-0.2, -0.15) is 0 Å². The van der Waals surface area contributed by atoms with Crippen molar-refractivity contribution in [3.05, 3.63) is 77.9 Å². The number of rotatable bonds is 5. The zero-order valence-corrected chi connectivity index (χ0v) is 15.9. The average Bonchev–Trinajstić information content (AvgIpc) is 3.13. The lowest BCUT2D eigenvalue weighted by Gasteiger charge is -2.20. The molecule has 0 fully saturated rings. The summed E-state index contributed by atoms with van der Waals surface area (Å²) in [4.78, 5) is 1.46. The molecule has 0 atom stereocenters. The number of nitrogens with zero attached hydrogens (tertiary/aromatic N) is 4. The fraction of sp³-hybridized carbons (Fsp3) is 0.182. The molecule has 4 rings (SSSR count). The molecule has 0 amide bonds. The number of aromatic nitrogens is 3. The van der Waals surface area contributed by atoms with Crippen LogP contribution < -0.4 is 10.9 Å². The van der Waals surface area contributed by atoms with Gasteiger partial charge in [0.25, 0.3) is 0 Å². The van der Waals surface area contributed by atoms with Crippen LogP contribution in [0.1, 0.15) is 30.9 Å². The maximum Gasteiger partial charge on any atom is 0.143 e. The summed E-state index contributed by atoms with van der Waals surface area (Å²) in [5.41, 5.74) is 5.24. The molecule has 0 aliphatic heterocycles. The fourth-order valence-electron chi connectivity index (χ4n) is 3.13. The topological polar surface area (TPSA) is 80.2 Å². The SMILES string of the molecule is CC(C)c1ccc(N(N)Cc2ccc(O)c(-n3nc4ccccc4n3)c2)cc1. The summed E-state index contributed by atoms with van der Waals surface area (Å²) in [5, 5.41) is 20.9. The summed E-state index contributed by atoms with van der Waals surface area (Å²) >= 11 is 0. The van der Waals surface area contributed by atoms with Gasteiger partial charge in [-0.1, -0.05) is 44.2 Å². The van der Waals surface area contributed by atoms with E-state index in [1.165, 1.54) is 10.4 Å². The minimum absolute atomic E-state index is 0.119. The van der Waals surface area contributed by atoms with Gasteiger partial charge >= 0.3 is 0 Å². The second-order valence-electron chi connectivity index (χ2n) is 7.18. The molecule has 1 heterocycles. The molecule has 6 nitrogen and oxygen atoms in total. The predicted octanol–water partition coefficient (Wildman–Crippen LogP) is 4.13. The molecule has 0 aliphatic rings. The molecule has 4 aromatic rings. The van der Waals surface area contributed by atoms with E-state index in [9.17, 15) is 5.11 Å². The van der Waals surface area contributed by atoms with Crippen LogP contribution in [-0.4, -0.2) is 20.1 Å². The van der Waals surface area contributed by atoms with E-state index in [1.807, 2.05) is 48.5 Å². The van der Waals surface area contributed by atoms with E-state index in [1.54, 1.807) is 11.1 Å². The number of phenols is 1. The van der Waals surface area contributed by atoms with Gasteiger partial charge in [-0.3, -0.25) is 0 Å². The Morgan fingerprint density at radius 1 is 0.964 bits per heavy atom. The van der Waals surface area contributed by atoms with Crippen LogP contribution in [0.5, 0.6) is 5.75 Å². The molecular formula is C22H23N5O. The Morgan fingerprint density at radius 3 is 2.21 bits per heavy atom. The van der Waals surface area contributed by atoms with Crippen LogP contribution in [0.4, 0.5) is 5.69 Å². The molecule has 0 aliphatic carbocycles. The van der Waals surface area contributed by atoms with Gasteiger partial charge in [0.15, 0.2) is 0 Å². The molecule has 0 radical (unpaired) electrons. The highest BCUT2D eigenvalue weighted by molar-refractivity contribution is 5.73. The van der Waals surface area contributed by atoms with Crippen molar-refractivity contribution in [1.29, 1.82) is 0 Å². The lowest BCUT2D eigenvalue weighted by Crippen LogP contribution is -2.30. The smallest absolute Gasteiger partial charge is 0.143 e. The van der Waals surface area contributed by atoms with Crippen molar-refractivity contribution in [3.63, 3.8) is 0 Å². The Morgan fingerprint density at radius 2 is 1.61 bits per heavy atom. The van der Waals surface area contributed by atoms with Crippen molar-refractivity contribution in [2.75, 3.05) is 5.01 Å². The number of aromatic hydroxyl groups is 1. The van der Waals surface area contributed by atoms with Crippen LogP contribution in [0.25, 0.3) is 16.7 Å². The largest absolute Gasteiger partial charge is 0.506 e. The summed E-state index contributed by atoms with van der Waals surface area (Å²) in [7, 11) is 0.